The van der Waals surface area contributed by atoms with E-state index in [1.807, 2.05) is 4.74 Å². The van der Waals surface area contributed by atoms with Gasteiger partial charge in [-0.25, -0.2) is 4.98 Å². The Hall–Kier alpha value is -2.36. The van der Waals surface area contributed by atoms with Crippen LogP contribution >= 0.6 is 11.6 Å². The Kier molecular flexibility index (Phi) is 8.33. The highest BCUT2D eigenvalue weighted by Crippen LogP contribution is 2.56. The molecule has 1 rings (SSSR count). The first kappa shape index (κ1) is 32.7. The number of carbonyl (C=O) groups is 1. The topological polar surface area (TPSA) is 60.5 Å². The predicted molar refractivity (Wildman–Crippen MR) is 80.7 cm³/mol. The van der Waals surface area contributed by atoms with Crippen LogP contribution in [0.4, 0.5) is 80.5 Å². The summed E-state index contributed by atoms with van der Waals surface area (Å²) in [7, 11) is 0. The van der Waals surface area contributed by atoms with Gasteiger partial charge in [-0.2, -0.15) is 74.6 Å². The van der Waals surface area contributed by atoms with Crippen molar-refractivity contribution in [2.75, 3.05) is 5.32 Å². The van der Waals surface area contributed by atoms with Gasteiger partial charge in [0, 0.05) is 6.20 Å². The van der Waals surface area contributed by atoms with Gasteiger partial charge in [-0.15, -0.1) is 0 Å². The predicted octanol–water partition coefficient (Wildman–Crippen LogP) is 6.55. The number of hydrogen-bond donors (Lipinski definition) is 1. The van der Waals surface area contributed by atoms with E-state index in [-0.39, 0.29) is 5.02 Å². The lowest BCUT2D eigenvalue weighted by Gasteiger charge is -2.40. The summed E-state index contributed by atoms with van der Waals surface area (Å²) in [6.07, 6.45) is -38.2. The number of ether oxygens (including phenoxy) is 2. The number of nitrogens with one attached hydrogen (secondary N) is 1. The second kappa shape index (κ2) is 9.43. The Bertz CT molecular complexity index is 977. The van der Waals surface area contributed by atoms with Crippen LogP contribution in [0.5, 0.6) is 0 Å². The third-order valence-electron chi connectivity index (χ3n) is 3.62. The maximum absolute atomic E-state index is 14.3. The SMILES string of the molecule is O=C(Nc1ccc(Cl)cn1)C(F)(OC(F)(F)C(F)(OC(F)(F)C(F)(F)C(F)(F)F)C(F)(F)F)C(F)(F)F. The molecule has 0 fully saturated rings. The highest BCUT2D eigenvalue weighted by Gasteiger charge is 2.85. The molecular weight excluding hydrogens is 603 g/mol. The van der Waals surface area contributed by atoms with Gasteiger partial charge in [-0.05, 0) is 12.1 Å². The number of aromatic nitrogens is 1. The minimum absolute atomic E-state index is 0.316. The van der Waals surface area contributed by atoms with Gasteiger partial charge in [0.2, 0.25) is 0 Å². The number of amides is 1. The van der Waals surface area contributed by atoms with Gasteiger partial charge in [0.25, 0.3) is 0 Å². The van der Waals surface area contributed by atoms with E-state index in [2.05, 4.69) is 4.98 Å². The van der Waals surface area contributed by atoms with Gasteiger partial charge >= 0.3 is 54.3 Å². The van der Waals surface area contributed by atoms with Crippen molar-refractivity contribution in [2.24, 2.45) is 0 Å². The van der Waals surface area contributed by atoms with Crippen LogP contribution < -0.4 is 5.32 Å². The lowest BCUT2D eigenvalue weighted by atomic mass is 10.2. The van der Waals surface area contributed by atoms with Crippen LogP contribution in [0.3, 0.4) is 0 Å². The van der Waals surface area contributed by atoms with Crippen LogP contribution in [0.15, 0.2) is 18.3 Å². The molecule has 0 saturated heterocycles. The number of nitrogens with zero attached hydrogens (tertiary/aromatic N) is 1. The smallest absolute Gasteiger partial charge is 0.305 e. The molecule has 0 radical (unpaired) electrons. The van der Waals surface area contributed by atoms with Crippen LogP contribution in [-0.2, 0) is 14.3 Å². The van der Waals surface area contributed by atoms with Gasteiger partial charge in [0.05, 0.1) is 5.02 Å². The fourth-order valence-corrected chi connectivity index (χ4v) is 1.92. The maximum atomic E-state index is 14.3. The minimum atomic E-state index is -8.08. The summed E-state index contributed by atoms with van der Waals surface area (Å²) in [5, 5.41) is 0.383. The Morgan fingerprint density at radius 1 is 0.703 bits per heavy atom. The number of carbonyl (C=O) groups excluding carboxylic acids is 1. The lowest BCUT2D eigenvalue weighted by Crippen LogP contribution is -2.68. The summed E-state index contributed by atoms with van der Waals surface area (Å²) in [5.74, 6) is -27.6. The quantitative estimate of drug-likeness (QED) is 0.341. The number of alkyl halides is 17. The summed E-state index contributed by atoms with van der Waals surface area (Å²) in [6.45, 7) is 0. The van der Waals surface area contributed by atoms with Crippen molar-refractivity contribution in [3.05, 3.63) is 23.4 Å². The second-order valence-electron chi connectivity index (χ2n) is 6.31. The maximum Gasteiger partial charge on any atom is 0.462 e. The van der Waals surface area contributed by atoms with Gasteiger partial charge in [-0.3, -0.25) is 14.3 Å². The normalized spacial score (nSPS) is 17.7. The Morgan fingerprint density at radius 2 is 1.19 bits per heavy atom. The van der Waals surface area contributed by atoms with Crippen LogP contribution in [0.1, 0.15) is 0 Å². The number of rotatable bonds is 8. The first-order chi connectivity index (χ1) is 16.1. The highest BCUT2D eigenvalue weighted by atomic mass is 35.5. The molecule has 214 valence electrons. The van der Waals surface area contributed by atoms with Crippen LogP contribution in [-0.4, -0.2) is 59.3 Å². The fraction of sp³-hybridized carbons (Fsp3) is 0.571. The lowest BCUT2D eigenvalue weighted by molar-refractivity contribution is -0.548. The van der Waals surface area contributed by atoms with Crippen molar-refractivity contribution in [3.8, 4) is 0 Å². The van der Waals surface area contributed by atoms with Gasteiger partial charge in [0.15, 0.2) is 0 Å². The van der Waals surface area contributed by atoms with E-state index in [0.717, 1.165) is 0 Å². The molecule has 0 aromatic carbocycles. The van der Waals surface area contributed by atoms with E-state index in [0.29, 0.717) is 23.6 Å². The molecule has 0 bridgehead atoms. The second-order valence-corrected chi connectivity index (χ2v) is 6.75. The summed E-state index contributed by atoms with van der Waals surface area (Å²) < 4.78 is 225. The fourth-order valence-electron chi connectivity index (χ4n) is 1.81. The number of halogens is 18. The van der Waals surface area contributed by atoms with Gasteiger partial charge in [0.1, 0.15) is 5.82 Å². The van der Waals surface area contributed by atoms with Crippen molar-refractivity contribution in [1.29, 1.82) is 0 Å². The zero-order valence-electron chi connectivity index (χ0n) is 16.2. The third kappa shape index (κ3) is 6.04. The summed E-state index contributed by atoms with van der Waals surface area (Å²) in [6, 6.07) is 1.12. The molecule has 0 spiro atoms. The molecule has 23 heteroatoms. The molecule has 0 saturated carbocycles. The minimum Gasteiger partial charge on any atom is -0.305 e. The average molecular weight is 607 g/mol. The standard InChI is InChI=1S/C14H4ClF17N2O3/c15-4-1-2-5(33-3-4)34-6(35)7(16,10(20,21)22)36-14(31,32)9(19,12(26,27)28)37-13(29,30)8(17,18)11(23,24)25/h1-3H,(H,33,34,35). The Balaban J connectivity index is 3.61. The largest absolute Gasteiger partial charge is 0.462 e. The third-order valence-corrected chi connectivity index (χ3v) is 3.85. The molecule has 5 nitrogen and oxygen atoms in total. The van der Waals surface area contributed by atoms with E-state index in [9.17, 15) is 79.4 Å². The monoisotopic (exact) mass is 606 g/mol. The molecule has 0 aliphatic rings. The van der Waals surface area contributed by atoms with E-state index in [1.165, 1.54) is 4.74 Å². The molecule has 1 aromatic heterocycles. The van der Waals surface area contributed by atoms with Gasteiger partial charge in [-0.1, -0.05) is 11.6 Å². The number of pyridine rings is 1. The van der Waals surface area contributed by atoms with Crippen molar-refractivity contribution in [2.45, 2.75) is 48.4 Å². The molecule has 1 amide bonds. The Labute approximate surface area is 195 Å². The molecule has 0 aliphatic heterocycles. The number of anilines is 1. The summed E-state index contributed by atoms with van der Waals surface area (Å²) in [4.78, 5) is 14.6. The van der Waals surface area contributed by atoms with Crippen LogP contribution in [0, 0.1) is 0 Å². The Morgan fingerprint density at radius 3 is 1.54 bits per heavy atom. The first-order valence-corrected chi connectivity index (χ1v) is 8.48. The van der Waals surface area contributed by atoms with E-state index >= 15 is 0 Å². The summed E-state index contributed by atoms with van der Waals surface area (Å²) >= 11 is 5.30. The van der Waals surface area contributed by atoms with Crippen molar-refractivity contribution < 1.29 is 88.9 Å². The molecule has 0 aliphatic carbocycles. The molecule has 1 heterocycles. The molecular formula is C14H4ClF17N2O3. The van der Waals surface area contributed by atoms with Crippen LogP contribution in [0.2, 0.25) is 5.02 Å². The van der Waals surface area contributed by atoms with E-state index < -0.39 is 60.1 Å². The molecule has 1 aromatic rings. The van der Waals surface area contributed by atoms with E-state index in [1.54, 1.807) is 0 Å². The summed E-state index contributed by atoms with van der Waals surface area (Å²) in [5.41, 5.74) is 0. The van der Waals surface area contributed by atoms with E-state index in [4.69, 9.17) is 11.6 Å². The zero-order valence-corrected chi connectivity index (χ0v) is 17.0. The van der Waals surface area contributed by atoms with Crippen molar-refractivity contribution in [3.63, 3.8) is 0 Å². The van der Waals surface area contributed by atoms with Crippen molar-refractivity contribution in [1.82, 2.24) is 4.98 Å². The zero-order chi connectivity index (χ0) is 29.7. The average Bonchev–Trinajstić information content (AvgIpc) is 2.66. The first-order valence-electron chi connectivity index (χ1n) is 8.10. The molecule has 1 N–H and O–H groups in total. The molecule has 2 atom stereocenters. The van der Waals surface area contributed by atoms with Gasteiger partial charge < -0.3 is 5.32 Å². The van der Waals surface area contributed by atoms with Crippen molar-refractivity contribution >= 4 is 23.3 Å². The van der Waals surface area contributed by atoms with Crippen LogP contribution in [0.25, 0.3) is 0 Å². The molecule has 37 heavy (non-hydrogen) atoms. The number of hydrogen-bond acceptors (Lipinski definition) is 4. The highest BCUT2D eigenvalue weighted by molar-refractivity contribution is 6.30. The molecule has 2 unspecified atom stereocenters.